The number of hydrogen-bond acceptors (Lipinski definition) is 4. The van der Waals surface area contributed by atoms with Crippen LogP contribution in [0.4, 0.5) is 5.69 Å². The van der Waals surface area contributed by atoms with Gasteiger partial charge in [0.2, 0.25) is 5.91 Å². The largest absolute Gasteiger partial charge is 0.472 e. The molecule has 0 bridgehead atoms. The van der Waals surface area contributed by atoms with E-state index in [1.165, 1.54) is 12.4 Å². The summed E-state index contributed by atoms with van der Waals surface area (Å²) in [5, 5.41) is 0. The molecule has 0 aliphatic carbocycles. The summed E-state index contributed by atoms with van der Waals surface area (Å²) in [5.74, 6) is -0.621. The number of amides is 1. The first-order valence-corrected chi connectivity index (χ1v) is 5.99. The van der Waals surface area contributed by atoms with E-state index < -0.39 is 16.1 Å². The van der Waals surface area contributed by atoms with Crippen molar-refractivity contribution in [3.63, 3.8) is 0 Å². The number of nitrogens with zero attached hydrogens (tertiary/aromatic N) is 2. The van der Waals surface area contributed by atoms with Crippen molar-refractivity contribution in [1.82, 2.24) is 4.72 Å². The molecule has 1 aromatic rings. The molecule has 0 aromatic carbocycles. The van der Waals surface area contributed by atoms with Crippen molar-refractivity contribution in [2.24, 2.45) is 0 Å². The minimum Gasteiger partial charge on any atom is -0.377 e. The van der Waals surface area contributed by atoms with Gasteiger partial charge in [0.25, 0.3) is 0 Å². The number of pyridine rings is 1. The van der Waals surface area contributed by atoms with Crippen LogP contribution in [-0.2, 0) is 15.0 Å². The van der Waals surface area contributed by atoms with Gasteiger partial charge < -0.3 is 4.90 Å². The first-order valence-electron chi connectivity index (χ1n) is 4.55. The van der Waals surface area contributed by atoms with Crippen LogP contribution in [-0.4, -0.2) is 28.4 Å². The van der Waals surface area contributed by atoms with Crippen LogP contribution < -0.4 is 13.6 Å². The molecule has 0 aliphatic heterocycles. The molecule has 0 spiro atoms. The molecule has 0 radical (unpaired) electrons. The summed E-state index contributed by atoms with van der Waals surface area (Å²) in [4.78, 5) is 12.5. The fourth-order valence-electron chi connectivity index (χ4n) is 1.10. The van der Waals surface area contributed by atoms with E-state index in [1.54, 1.807) is 12.1 Å². The molecular formula is C9H14N3O3S+. The molecule has 88 valence electrons. The van der Waals surface area contributed by atoms with Gasteiger partial charge >= 0.3 is 10.2 Å². The Hall–Kier alpha value is -1.63. The summed E-state index contributed by atoms with van der Waals surface area (Å²) in [6.07, 6.45) is 2.75. The van der Waals surface area contributed by atoms with Gasteiger partial charge in [0, 0.05) is 38.8 Å². The Balaban J connectivity index is 3.02. The van der Waals surface area contributed by atoms with Gasteiger partial charge in [0.05, 0.1) is 0 Å². The summed E-state index contributed by atoms with van der Waals surface area (Å²) in [5.41, 5.74) is 0.870. The van der Waals surface area contributed by atoms with Crippen LogP contribution in [0, 0.1) is 0 Å². The van der Waals surface area contributed by atoms with Crippen molar-refractivity contribution in [3.8, 4) is 0 Å². The molecule has 1 amide bonds. The fourth-order valence-corrected chi connectivity index (χ4v) is 2.01. The Bertz CT molecular complexity index is 479. The predicted molar refractivity (Wildman–Crippen MR) is 59.1 cm³/mol. The smallest absolute Gasteiger partial charge is 0.377 e. The number of carbonyl (C=O) groups excluding carboxylic acids is 1. The second-order valence-corrected chi connectivity index (χ2v) is 5.02. The maximum Gasteiger partial charge on any atom is 0.472 e. The summed E-state index contributed by atoms with van der Waals surface area (Å²) in [6, 6.07) is 3.28. The van der Waals surface area contributed by atoms with Crippen LogP contribution in [0.25, 0.3) is 0 Å². The van der Waals surface area contributed by atoms with E-state index in [4.69, 9.17) is 0 Å². The van der Waals surface area contributed by atoms with Gasteiger partial charge in [-0.25, -0.2) is 0 Å². The van der Waals surface area contributed by atoms with Gasteiger partial charge in [-0.15, -0.1) is 8.42 Å². The number of nitrogens with one attached hydrogen (secondary N) is 1. The van der Waals surface area contributed by atoms with Crippen molar-refractivity contribution >= 4 is 21.8 Å². The molecule has 7 heteroatoms. The van der Waals surface area contributed by atoms with Crippen molar-refractivity contribution in [1.29, 1.82) is 0 Å². The Labute approximate surface area is 94.7 Å². The van der Waals surface area contributed by atoms with Crippen molar-refractivity contribution in [2.45, 2.75) is 6.92 Å². The highest BCUT2D eigenvalue weighted by Gasteiger charge is 2.22. The van der Waals surface area contributed by atoms with Crippen LogP contribution in [0.2, 0.25) is 0 Å². The fraction of sp³-hybridized carbons (Fsp3) is 0.333. The van der Waals surface area contributed by atoms with E-state index in [9.17, 15) is 13.2 Å². The lowest BCUT2D eigenvalue weighted by Gasteiger charge is -2.10. The number of anilines is 1. The molecule has 0 unspecified atom stereocenters. The van der Waals surface area contributed by atoms with Crippen LogP contribution in [0.3, 0.4) is 0 Å². The molecule has 0 saturated heterocycles. The maximum absolute atomic E-state index is 11.5. The Kier molecular flexibility index (Phi) is 3.48. The average molecular weight is 244 g/mol. The van der Waals surface area contributed by atoms with Gasteiger partial charge in [-0.05, 0) is 0 Å². The Morgan fingerprint density at radius 3 is 2.19 bits per heavy atom. The number of hydrogen-bond donors (Lipinski definition) is 1. The lowest BCUT2D eigenvalue weighted by molar-refractivity contribution is -0.512. The van der Waals surface area contributed by atoms with Crippen LogP contribution >= 0.6 is 0 Å². The van der Waals surface area contributed by atoms with Gasteiger partial charge in [0.1, 0.15) is 0 Å². The van der Waals surface area contributed by atoms with Crippen LogP contribution in [0.15, 0.2) is 24.5 Å². The molecule has 0 fully saturated rings. The third kappa shape index (κ3) is 2.93. The van der Waals surface area contributed by atoms with E-state index in [0.29, 0.717) is 0 Å². The Morgan fingerprint density at radius 2 is 1.81 bits per heavy atom. The quantitative estimate of drug-likeness (QED) is 0.712. The molecule has 0 aliphatic rings. The first kappa shape index (κ1) is 12.4. The highest BCUT2D eigenvalue weighted by Crippen LogP contribution is 2.05. The molecule has 16 heavy (non-hydrogen) atoms. The van der Waals surface area contributed by atoms with Crippen molar-refractivity contribution in [2.75, 3.05) is 19.0 Å². The SMILES string of the molecule is CC(=O)NS(=O)(=O)[n+]1ccc(N(C)C)cc1. The predicted octanol–water partition coefficient (Wildman–Crippen LogP) is -0.731. The van der Waals surface area contributed by atoms with Gasteiger partial charge in [-0.3, -0.25) is 4.79 Å². The molecule has 6 nitrogen and oxygen atoms in total. The highest BCUT2D eigenvalue weighted by molar-refractivity contribution is 7.83. The first-order chi connectivity index (χ1) is 7.33. The molecule has 1 rings (SSSR count). The average Bonchev–Trinajstić information content (AvgIpc) is 2.16. The minimum absolute atomic E-state index is 0.621. The third-order valence-corrected chi connectivity index (χ3v) is 3.20. The van der Waals surface area contributed by atoms with E-state index in [2.05, 4.69) is 0 Å². The van der Waals surface area contributed by atoms with E-state index in [-0.39, 0.29) is 0 Å². The second-order valence-electron chi connectivity index (χ2n) is 3.44. The zero-order valence-corrected chi connectivity index (χ0v) is 10.2. The van der Waals surface area contributed by atoms with Gasteiger partial charge in [-0.1, -0.05) is 3.97 Å². The molecular weight excluding hydrogens is 230 g/mol. The zero-order valence-electron chi connectivity index (χ0n) is 9.34. The lowest BCUT2D eigenvalue weighted by atomic mass is 10.4. The standard InChI is InChI=1S/C9H13N3O3S/c1-8(13)10-16(14,15)12-6-4-9(5-7-12)11(2)3/h4-7H,1-3H3/p+1. The van der Waals surface area contributed by atoms with Gasteiger partial charge in [-0.2, -0.15) is 4.72 Å². The maximum atomic E-state index is 11.5. The summed E-state index contributed by atoms with van der Waals surface area (Å²) in [7, 11) is -0.105. The summed E-state index contributed by atoms with van der Waals surface area (Å²) < 4.78 is 25.9. The number of aromatic nitrogens is 1. The topological polar surface area (TPSA) is 70.4 Å². The normalized spacial score (nSPS) is 10.9. The van der Waals surface area contributed by atoms with Crippen molar-refractivity contribution in [3.05, 3.63) is 24.5 Å². The molecule has 0 saturated carbocycles. The molecule has 1 heterocycles. The molecule has 1 aromatic heterocycles. The number of rotatable bonds is 3. The van der Waals surface area contributed by atoms with E-state index in [1.807, 2.05) is 23.7 Å². The monoisotopic (exact) mass is 244 g/mol. The summed E-state index contributed by atoms with van der Waals surface area (Å²) >= 11 is 0. The van der Waals surface area contributed by atoms with Gasteiger partial charge in [0.15, 0.2) is 12.4 Å². The highest BCUT2D eigenvalue weighted by atomic mass is 32.2. The van der Waals surface area contributed by atoms with E-state index in [0.717, 1.165) is 16.6 Å². The second kappa shape index (κ2) is 4.48. The van der Waals surface area contributed by atoms with Crippen molar-refractivity contribution < 1.29 is 17.2 Å². The third-order valence-electron chi connectivity index (χ3n) is 1.85. The lowest BCUT2D eigenvalue weighted by Crippen LogP contribution is -2.51. The Morgan fingerprint density at radius 1 is 1.31 bits per heavy atom. The van der Waals surface area contributed by atoms with E-state index >= 15 is 0 Å². The molecule has 1 N–H and O–H groups in total. The zero-order chi connectivity index (χ0) is 12.3. The van der Waals surface area contributed by atoms with Crippen LogP contribution in [0.1, 0.15) is 6.92 Å². The minimum atomic E-state index is -3.80. The van der Waals surface area contributed by atoms with Crippen LogP contribution in [0.5, 0.6) is 0 Å². The number of carbonyl (C=O) groups is 1. The molecule has 0 atom stereocenters. The summed E-state index contributed by atoms with van der Waals surface area (Å²) in [6.45, 7) is 1.15.